The Morgan fingerprint density at radius 3 is 2.72 bits per heavy atom. The largest absolute Gasteiger partial charge is 0.330 e. The highest BCUT2D eigenvalue weighted by Gasteiger charge is 2.30. The summed E-state index contributed by atoms with van der Waals surface area (Å²) in [6.07, 6.45) is 4.62. The zero-order chi connectivity index (χ0) is 13.1. The average molecular weight is 265 g/mol. The lowest BCUT2D eigenvalue weighted by molar-refractivity contribution is 0.372. The van der Waals surface area contributed by atoms with Crippen molar-refractivity contribution < 1.29 is 4.21 Å². The lowest BCUT2D eigenvalue weighted by Crippen LogP contribution is -2.34. The SMILES string of the molecule is Cc1ccc(C)c(S(=O)C2CCCCC2CN)c1. The van der Waals surface area contributed by atoms with Gasteiger partial charge >= 0.3 is 0 Å². The van der Waals surface area contributed by atoms with Crippen LogP contribution in [0.5, 0.6) is 0 Å². The molecule has 1 saturated carbocycles. The molecule has 0 bridgehead atoms. The molecule has 0 saturated heterocycles. The number of rotatable bonds is 3. The van der Waals surface area contributed by atoms with Crippen LogP contribution in [0.4, 0.5) is 0 Å². The number of hydrogen-bond donors (Lipinski definition) is 1. The lowest BCUT2D eigenvalue weighted by Gasteiger charge is -2.30. The van der Waals surface area contributed by atoms with E-state index in [0.717, 1.165) is 23.3 Å². The van der Waals surface area contributed by atoms with Gasteiger partial charge in [-0.15, -0.1) is 0 Å². The van der Waals surface area contributed by atoms with Crippen LogP contribution >= 0.6 is 0 Å². The quantitative estimate of drug-likeness (QED) is 0.913. The van der Waals surface area contributed by atoms with Gasteiger partial charge < -0.3 is 5.73 Å². The van der Waals surface area contributed by atoms with Gasteiger partial charge in [0.25, 0.3) is 0 Å². The molecule has 0 spiro atoms. The zero-order valence-corrected chi connectivity index (χ0v) is 12.1. The number of hydrogen-bond acceptors (Lipinski definition) is 2. The molecule has 2 N–H and O–H groups in total. The van der Waals surface area contributed by atoms with Crippen LogP contribution in [0.2, 0.25) is 0 Å². The van der Waals surface area contributed by atoms with Gasteiger partial charge in [0.05, 0.1) is 10.8 Å². The Hall–Kier alpha value is -0.670. The highest BCUT2D eigenvalue weighted by molar-refractivity contribution is 7.85. The van der Waals surface area contributed by atoms with E-state index in [4.69, 9.17) is 5.73 Å². The fourth-order valence-electron chi connectivity index (χ4n) is 2.81. The van der Waals surface area contributed by atoms with Crippen LogP contribution in [-0.4, -0.2) is 16.0 Å². The number of aryl methyl sites for hydroxylation is 2. The molecule has 1 fully saturated rings. The molecule has 0 heterocycles. The summed E-state index contributed by atoms with van der Waals surface area (Å²) in [4.78, 5) is 1.01. The Balaban J connectivity index is 2.26. The Morgan fingerprint density at radius 1 is 1.28 bits per heavy atom. The molecular formula is C15H23NOS. The highest BCUT2D eigenvalue weighted by atomic mass is 32.2. The Bertz CT molecular complexity index is 444. The molecule has 100 valence electrons. The summed E-state index contributed by atoms with van der Waals surface area (Å²) in [5, 5.41) is 0.254. The van der Waals surface area contributed by atoms with Crippen LogP contribution in [0.15, 0.2) is 23.1 Å². The fourth-order valence-corrected chi connectivity index (χ4v) is 4.80. The fraction of sp³-hybridized carbons (Fsp3) is 0.600. The first-order valence-electron chi connectivity index (χ1n) is 6.81. The van der Waals surface area contributed by atoms with Crippen LogP contribution in [0, 0.1) is 19.8 Å². The van der Waals surface area contributed by atoms with E-state index in [0.29, 0.717) is 12.5 Å². The average Bonchev–Trinajstić information content (AvgIpc) is 2.40. The van der Waals surface area contributed by atoms with Gasteiger partial charge in [-0.1, -0.05) is 25.0 Å². The van der Waals surface area contributed by atoms with Gasteiger partial charge in [-0.25, -0.2) is 0 Å². The van der Waals surface area contributed by atoms with Crippen LogP contribution < -0.4 is 5.73 Å². The third-order valence-corrected chi connectivity index (χ3v) is 6.02. The second kappa shape index (κ2) is 5.98. The third-order valence-electron chi connectivity index (χ3n) is 3.98. The molecule has 0 amide bonds. The predicted molar refractivity (Wildman–Crippen MR) is 77.1 cm³/mol. The standard InChI is InChI=1S/C15H23NOS/c1-11-7-8-12(2)15(9-11)18(17)14-6-4-3-5-13(14)10-16/h7-9,13-14H,3-6,10,16H2,1-2H3. The van der Waals surface area contributed by atoms with Crippen LogP contribution in [0.1, 0.15) is 36.8 Å². The molecule has 2 nitrogen and oxygen atoms in total. The minimum Gasteiger partial charge on any atom is -0.330 e. The molecule has 1 aliphatic carbocycles. The minimum atomic E-state index is -0.902. The maximum Gasteiger partial charge on any atom is 0.0566 e. The normalized spacial score (nSPS) is 25.9. The third kappa shape index (κ3) is 2.83. The summed E-state index contributed by atoms with van der Waals surface area (Å²) in [5.41, 5.74) is 8.17. The smallest absolute Gasteiger partial charge is 0.0566 e. The van der Waals surface area contributed by atoms with Gasteiger partial charge in [0, 0.05) is 10.1 Å². The molecule has 0 radical (unpaired) electrons. The molecular weight excluding hydrogens is 242 g/mol. The van der Waals surface area contributed by atoms with Crippen LogP contribution in [0.25, 0.3) is 0 Å². The summed E-state index contributed by atoms with van der Waals surface area (Å²) in [6.45, 7) is 4.77. The van der Waals surface area contributed by atoms with Crippen molar-refractivity contribution in [2.75, 3.05) is 6.54 Å². The molecule has 3 heteroatoms. The maximum absolute atomic E-state index is 12.8. The van der Waals surface area contributed by atoms with Crippen LogP contribution in [-0.2, 0) is 10.8 Å². The van der Waals surface area contributed by atoms with Crippen molar-refractivity contribution in [3.8, 4) is 0 Å². The van der Waals surface area contributed by atoms with Crippen molar-refractivity contribution in [2.45, 2.75) is 49.7 Å². The first-order chi connectivity index (χ1) is 8.63. The van der Waals surface area contributed by atoms with E-state index in [1.807, 2.05) is 6.92 Å². The molecule has 3 unspecified atom stereocenters. The monoisotopic (exact) mass is 265 g/mol. The van der Waals surface area contributed by atoms with Gasteiger partial charge in [0.2, 0.25) is 0 Å². The molecule has 2 rings (SSSR count). The van der Waals surface area contributed by atoms with Gasteiger partial charge in [0.15, 0.2) is 0 Å². The first-order valence-corrected chi connectivity index (χ1v) is 8.02. The van der Waals surface area contributed by atoms with E-state index in [2.05, 4.69) is 25.1 Å². The Kier molecular flexibility index (Phi) is 4.57. The van der Waals surface area contributed by atoms with Crippen molar-refractivity contribution in [2.24, 2.45) is 11.7 Å². The summed E-state index contributed by atoms with van der Waals surface area (Å²) >= 11 is 0. The summed E-state index contributed by atoms with van der Waals surface area (Å²) in [7, 11) is -0.902. The summed E-state index contributed by atoms with van der Waals surface area (Å²) in [6, 6.07) is 6.23. The second-order valence-corrected chi connectivity index (χ2v) is 7.03. The molecule has 0 aliphatic heterocycles. The van der Waals surface area contributed by atoms with Crippen molar-refractivity contribution in [1.29, 1.82) is 0 Å². The van der Waals surface area contributed by atoms with Gasteiger partial charge in [-0.2, -0.15) is 0 Å². The lowest BCUT2D eigenvalue weighted by atomic mass is 9.89. The van der Waals surface area contributed by atoms with Crippen molar-refractivity contribution >= 4 is 10.8 Å². The molecule has 1 aliphatic rings. The number of benzene rings is 1. The molecule has 3 atom stereocenters. The summed E-state index contributed by atoms with van der Waals surface area (Å²) < 4.78 is 12.8. The summed E-state index contributed by atoms with van der Waals surface area (Å²) in [5.74, 6) is 0.430. The van der Waals surface area contributed by atoms with Gasteiger partial charge in [0.1, 0.15) is 0 Å². The maximum atomic E-state index is 12.8. The Morgan fingerprint density at radius 2 is 2.00 bits per heavy atom. The van der Waals surface area contributed by atoms with Crippen molar-refractivity contribution in [3.63, 3.8) is 0 Å². The second-order valence-electron chi connectivity index (χ2n) is 5.39. The van der Waals surface area contributed by atoms with E-state index >= 15 is 0 Å². The van der Waals surface area contributed by atoms with E-state index in [-0.39, 0.29) is 5.25 Å². The topological polar surface area (TPSA) is 43.1 Å². The molecule has 18 heavy (non-hydrogen) atoms. The van der Waals surface area contributed by atoms with Gasteiger partial charge in [-0.3, -0.25) is 4.21 Å². The van der Waals surface area contributed by atoms with Crippen LogP contribution in [0.3, 0.4) is 0 Å². The van der Waals surface area contributed by atoms with E-state index in [1.165, 1.54) is 18.4 Å². The van der Waals surface area contributed by atoms with Crippen molar-refractivity contribution in [3.05, 3.63) is 29.3 Å². The minimum absolute atomic E-state index is 0.254. The number of nitrogens with two attached hydrogens (primary N) is 1. The zero-order valence-electron chi connectivity index (χ0n) is 11.3. The van der Waals surface area contributed by atoms with E-state index < -0.39 is 10.8 Å². The highest BCUT2D eigenvalue weighted by Crippen LogP contribution is 2.31. The molecule has 1 aromatic rings. The Labute approximate surface area is 112 Å². The molecule has 1 aromatic carbocycles. The van der Waals surface area contributed by atoms with Gasteiger partial charge in [-0.05, 0) is 56.3 Å². The molecule has 0 aromatic heterocycles. The van der Waals surface area contributed by atoms with Crippen molar-refractivity contribution in [1.82, 2.24) is 0 Å². The predicted octanol–water partition coefficient (Wildman–Crippen LogP) is 2.93. The first kappa shape index (κ1) is 13.8. The van der Waals surface area contributed by atoms with E-state index in [1.54, 1.807) is 0 Å². The van der Waals surface area contributed by atoms with E-state index in [9.17, 15) is 4.21 Å².